The molecule has 0 aliphatic heterocycles. The van der Waals surface area contributed by atoms with Gasteiger partial charge >= 0.3 is 6.18 Å². The second-order valence-electron chi connectivity index (χ2n) is 9.93. The number of benzene rings is 3. The van der Waals surface area contributed by atoms with Crippen LogP contribution in [0, 0.1) is 0 Å². The van der Waals surface area contributed by atoms with Gasteiger partial charge in [0.25, 0.3) is 0 Å². The van der Waals surface area contributed by atoms with E-state index in [9.17, 15) is 31.2 Å². The van der Waals surface area contributed by atoms with E-state index in [1.807, 2.05) is 6.92 Å². The van der Waals surface area contributed by atoms with Crippen LogP contribution in [-0.4, -0.2) is 50.5 Å². The van der Waals surface area contributed by atoms with Crippen LogP contribution in [0.5, 0.6) is 0 Å². The Bertz CT molecular complexity index is 1520. The van der Waals surface area contributed by atoms with Crippen molar-refractivity contribution in [2.75, 3.05) is 23.7 Å². The van der Waals surface area contributed by atoms with E-state index in [2.05, 4.69) is 5.32 Å². The predicted molar refractivity (Wildman–Crippen MR) is 162 cm³/mol. The van der Waals surface area contributed by atoms with E-state index in [4.69, 9.17) is 23.2 Å². The van der Waals surface area contributed by atoms with Gasteiger partial charge in [0.2, 0.25) is 21.8 Å². The third-order valence-electron chi connectivity index (χ3n) is 6.57. The summed E-state index contributed by atoms with van der Waals surface area (Å²) in [5.74, 6) is -1.26. The summed E-state index contributed by atoms with van der Waals surface area (Å²) < 4.78 is 67.1. The first kappa shape index (κ1) is 34.2. The van der Waals surface area contributed by atoms with Crippen molar-refractivity contribution in [2.45, 2.75) is 44.9 Å². The number of amides is 2. The lowest BCUT2D eigenvalue weighted by atomic mass is 10.0. The molecule has 0 radical (unpaired) electrons. The third-order valence-corrected chi connectivity index (χ3v) is 8.27. The first-order valence-electron chi connectivity index (χ1n) is 13.4. The van der Waals surface area contributed by atoms with Crippen LogP contribution >= 0.6 is 23.2 Å². The van der Waals surface area contributed by atoms with Crippen molar-refractivity contribution in [3.8, 4) is 0 Å². The Balaban J connectivity index is 2.08. The number of nitrogens with one attached hydrogen (secondary N) is 1. The summed E-state index contributed by atoms with van der Waals surface area (Å²) in [6.45, 7) is 1.33. The van der Waals surface area contributed by atoms with Gasteiger partial charge in [0.1, 0.15) is 12.6 Å². The Labute approximate surface area is 259 Å². The minimum absolute atomic E-state index is 0.100. The number of sulfonamides is 1. The Morgan fingerprint density at radius 3 is 2.23 bits per heavy atom. The highest BCUT2D eigenvalue weighted by Crippen LogP contribution is 2.37. The predicted octanol–water partition coefficient (Wildman–Crippen LogP) is 6.33. The highest BCUT2D eigenvalue weighted by atomic mass is 35.5. The van der Waals surface area contributed by atoms with E-state index in [-0.39, 0.29) is 13.0 Å². The largest absolute Gasteiger partial charge is 0.417 e. The van der Waals surface area contributed by atoms with E-state index in [1.165, 1.54) is 4.90 Å². The summed E-state index contributed by atoms with van der Waals surface area (Å²) in [4.78, 5) is 28.8. The zero-order valence-corrected chi connectivity index (χ0v) is 25.9. The van der Waals surface area contributed by atoms with E-state index in [1.54, 1.807) is 54.6 Å². The lowest BCUT2D eigenvalue weighted by Crippen LogP contribution is -2.53. The molecule has 2 amide bonds. The van der Waals surface area contributed by atoms with E-state index in [0.29, 0.717) is 33.9 Å². The van der Waals surface area contributed by atoms with Gasteiger partial charge < -0.3 is 10.2 Å². The van der Waals surface area contributed by atoms with Crippen molar-refractivity contribution in [2.24, 2.45) is 0 Å². The van der Waals surface area contributed by atoms with Gasteiger partial charge in [-0.25, -0.2) is 8.42 Å². The lowest BCUT2D eigenvalue weighted by Gasteiger charge is -2.33. The molecule has 1 N–H and O–H groups in total. The molecule has 0 aromatic heterocycles. The first-order valence-corrected chi connectivity index (χ1v) is 16.0. The Kier molecular flexibility index (Phi) is 11.9. The van der Waals surface area contributed by atoms with Gasteiger partial charge in [-0.3, -0.25) is 13.9 Å². The van der Waals surface area contributed by atoms with Crippen LogP contribution in [0.25, 0.3) is 0 Å². The number of carbonyl (C=O) groups excluding carboxylic acids is 2. The van der Waals surface area contributed by atoms with Gasteiger partial charge in [0.15, 0.2) is 0 Å². The number of anilines is 1. The molecule has 13 heteroatoms. The maximum atomic E-state index is 14.0. The zero-order chi connectivity index (χ0) is 31.8. The maximum Gasteiger partial charge on any atom is 0.417 e. The van der Waals surface area contributed by atoms with Crippen molar-refractivity contribution in [3.63, 3.8) is 0 Å². The first-order chi connectivity index (χ1) is 20.2. The average Bonchev–Trinajstić information content (AvgIpc) is 2.93. The van der Waals surface area contributed by atoms with E-state index >= 15 is 0 Å². The zero-order valence-electron chi connectivity index (χ0n) is 23.6. The van der Waals surface area contributed by atoms with Crippen LogP contribution < -0.4 is 9.62 Å². The molecule has 43 heavy (non-hydrogen) atoms. The highest BCUT2D eigenvalue weighted by Gasteiger charge is 2.36. The fourth-order valence-electron chi connectivity index (χ4n) is 4.39. The van der Waals surface area contributed by atoms with Crippen molar-refractivity contribution in [1.29, 1.82) is 0 Å². The molecule has 0 aliphatic rings. The standard InChI is InChI=1S/C30H32Cl2F3N3O4S/c1-3-4-15-36-29(40)27(17-21-9-6-5-7-10-21)37(19-22-11-8-12-23(31)16-22)28(39)20-38(43(2,41)42)24-13-14-26(32)25(18-24)30(33,34)35/h5-14,16,18,27H,3-4,15,17,19-20H2,1-2H3,(H,36,40). The summed E-state index contributed by atoms with van der Waals surface area (Å²) in [5.41, 5.74) is -0.338. The van der Waals surface area contributed by atoms with Gasteiger partial charge in [-0.15, -0.1) is 0 Å². The molecule has 232 valence electrons. The molecule has 0 spiro atoms. The summed E-state index contributed by atoms with van der Waals surface area (Å²) in [6.07, 6.45) is -2.47. The molecule has 0 saturated carbocycles. The number of hydrogen-bond donors (Lipinski definition) is 1. The fourth-order valence-corrected chi connectivity index (χ4v) is 5.67. The number of halogens is 5. The molecule has 0 fully saturated rings. The monoisotopic (exact) mass is 657 g/mol. The van der Waals surface area contributed by atoms with Gasteiger partial charge in [-0.2, -0.15) is 13.2 Å². The van der Waals surface area contributed by atoms with Gasteiger partial charge in [0, 0.05) is 24.5 Å². The molecule has 0 heterocycles. The average molecular weight is 659 g/mol. The van der Waals surface area contributed by atoms with Crippen LogP contribution in [0.4, 0.5) is 18.9 Å². The summed E-state index contributed by atoms with van der Waals surface area (Å²) in [5, 5.41) is 2.62. The molecular formula is C30H32Cl2F3N3O4S. The molecule has 0 bridgehead atoms. The van der Waals surface area contributed by atoms with Crippen LogP contribution in [-0.2, 0) is 38.8 Å². The summed E-state index contributed by atoms with van der Waals surface area (Å²) in [7, 11) is -4.27. The number of nitrogens with zero attached hydrogens (tertiary/aromatic N) is 2. The molecular weight excluding hydrogens is 626 g/mol. The smallest absolute Gasteiger partial charge is 0.354 e. The van der Waals surface area contributed by atoms with Crippen LogP contribution in [0.1, 0.15) is 36.5 Å². The third kappa shape index (κ3) is 9.87. The van der Waals surface area contributed by atoms with Crippen LogP contribution in [0.3, 0.4) is 0 Å². The Morgan fingerprint density at radius 2 is 1.63 bits per heavy atom. The highest BCUT2D eigenvalue weighted by molar-refractivity contribution is 7.92. The molecule has 7 nitrogen and oxygen atoms in total. The Morgan fingerprint density at radius 1 is 0.953 bits per heavy atom. The van der Waals surface area contributed by atoms with E-state index < -0.39 is 56.9 Å². The van der Waals surface area contributed by atoms with Crippen molar-refractivity contribution in [3.05, 3.63) is 99.5 Å². The molecule has 0 saturated heterocycles. The molecule has 1 atom stereocenters. The minimum atomic E-state index is -4.86. The molecule has 0 aliphatic carbocycles. The summed E-state index contributed by atoms with van der Waals surface area (Å²) in [6, 6.07) is 17.1. The Hall–Kier alpha value is -3.28. The number of alkyl halides is 3. The van der Waals surface area contributed by atoms with Crippen LogP contribution in [0.15, 0.2) is 72.8 Å². The number of rotatable bonds is 13. The quantitative estimate of drug-likeness (QED) is 0.218. The van der Waals surface area contributed by atoms with Gasteiger partial charge in [-0.1, -0.05) is 79.0 Å². The fraction of sp³-hybridized carbons (Fsp3) is 0.333. The van der Waals surface area contributed by atoms with Crippen LogP contribution in [0.2, 0.25) is 10.0 Å². The second kappa shape index (κ2) is 14.9. The normalized spacial score (nSPS) is 12.4. The topological polar surface area (TPSA) is 86.8 Å². The molecule has 3 aromatic carbocycles. The lowest BCUT2D eigenvalue weighted by molar-refractivity contribution is -0.140. The summed E-state index contributed by atoms with van der Waals surface area (Å²) >= 11 is 11.9. The van der Waals surface area contributed by atoms with Gasteiger partial charge in [-0.05, 0) is 47.9 Å². The van der Waals surface area contributed by atoms with E-state index in [0.717, 1.165) is 30.4 Å². The maximum absolute atomic E-state index is 14.0. The van der Waals surface area contributed by atoms with Gasteiger partial charge in [0.05, 0.1) is 22.5 Å². The number of carbonyl (C=O) groups is 2. The van der Waals surface area contributed by atoms with Crippen molar-refractivity contribution >= 4 is 50.7 Å². The number of unbranched alkanes of at least 4 members (excludes halogenated alkanes) is 1. The minimum Gasteiger partial charge on any atom is -0.354 e. The van der Waals surface area contributed by atoms with Crippen molar-refractivity contribution in [1.82, 2.24) is 10.2 Å². The SMILES string of the molecule is CCCCNC(=O)C(Cc1ccccc1)N(Cc1cccc(Cl)c1)C(=O)CN(c1ccc(Cl)c(C(F)(F)F)c1)S(C)(=O)=O. The number of hydrogen-bond acceptors (Lipinski definition) is 4. The van der Waals surface area contributed by atoms with Crippen molar-refractivity contribution < 1.29 is 31.2 Å². The molecule has 3 aromatic rings. The second-order valence-corrected chi connectivity index (χ2v) is 12.7. The molecule has 3 rings (SSSR count). The molecule has 1 unspecified atom stereocenters.